The lowest BCUT2D eigenvalue weighted by atomic mass is 10.1. The SMILES string of the molecule is CN=C(NCCc1cc(F)ccc1F)NC(C)c1ccc(F)cc1F.I. The highest BCUT2D eigenvalue weighted by Gasteiger charge is 2.13. The van der Waals surface area contributed by atoms with Crippen LogP contribution in [0.4, 0.5) is 17.6 Å². The molecule has 2 rings (SSSR count). The van der Waals surface area contributed by atoms with Crippen molar-refractivity contribution >= 4 is 29.9 Å². The molecule has 0 amide bonds. The fraction of sp³-hybridized carbons (Fsp3) is 0.278. The van der Waals surface area contributed by atoms with Gasteiger partial charge >= 0.3 is 0 Å². The minimum absolute atomic E-state index is 0. The van der Waals surface area contributed by atoms with E-state index in [0.29, 0.717) is 18.1 Å². The Bertz CT molecular complexity index is 768. The molecule has 2 aromatic rings. The molecule has 142 valence electrons. The monoisotopic (exact) mass is 481 g/mol. The van der Waals surface area contributed by atoms with Crippen molar-refractivity contribution in [1.82, 2.24) is 10.6 Å². The number of hydrogen-bond donors (Lipinski definition) is 2. The van der Waals surface area contributed by atoms with Crippen molar-refractivity contribution < 1.29 is 17.6 Å². The lowest BCUT2D eigenvalue weighted by Crippen LogP contribution is -2.39. The quantitative estimate of drug-likeness (QED) is 0.289. The fourth-order valence-electron chi connectivity index (χ4n) is 2.38. The third-order valence-electron chi connectivity index (χ3n) is 3.70. The Balaban J connectivity index is 0.00000338. The molecule has 0 aromatic heterocycles. The van der Waals surface area contributed by atoms with Gasteiger partial charge in [-0.3, -0.25) is 4.99 Å². The van der Waals surface area contributed by atoms with Crippen molar-refractivity contribution in [2.45, 2.75) is 19.4 Å². The molecule has 8 heteroatoms. The van der Waals surface area contributed by atoms with E-state index in [9.17, 15) is 17.6 Å². The van der Waals surface area contributed by atoms with E-state index in [2.05, 4.69) is 15.6 Å². The third-order valence-corrected chi connectivity index (χ3v) is 3.70. The summed E-state index contributed by atoms with van der Waals surface area (Å²) in [5.74, 6) is -1.91. The smallest absolute Gasteiger partial charge is 0.191 e. The van der Waals surface area contributed by atoms with Crippen LogP contribution in [0.5, 0.6) is 0 Å². The highest BCUT2D eigenvalue weighted by Crippen LogP contribution is 2.17. The number of rotatable bonds is 5. The van der Waals surface area contributed by atoms with Crippen LogP contribution >= 0.6 is 24.0 Å². The maximum atomic E-state index is 13.8. The number of hydrogen-bond acceptors (Lipinski definition) is 1. The summed E-state index contributed by atoms with van der Waals surface area (Å²) >= 11 is 0. The second-order valence-corrected chi connectivity index (χ2v) is 5.52. The van der Waals surface area contributed by atoms with Crippen molar-refractivity contribution in [3.63, 3.8) is 0 Å². The lowest BCUT2D eigenvalue weighted by Gasteiger charge is -2.19. The largest absolute Gasteiger partial charge is 0.356 e. The van der Waals surface area contributed by atoms with Crippen LogP contribution in [0.1, 0.15) is 24.1 Å². The minimum atomic E-state index is -0.655. The summed E-state index contributed by atoms with van der Waals surface area (Å²) in [5.41, 5.74) is 0.543. The molecule has 26 heavy (non-hydrogen) atoms. The maximum absolute atomic E-state index is 13.8. The second-order valence-electron chi connectivity index (χ2n) is 5.52. The van der Waals surface area contributed by atoms with Crippen molar-refractivity contribution in [2.24, 2.45) is 4.99 Å². The molecule has 2 N–H and O–H groups in total. The zero-order valence-electron chi connectivity index (χ0n) is 14.3. The number of aliphatic imine (C=N–C) groups is 1. The molecule has 1 atom stereocenters. The first-order valence-electron chi connectivity index (χ1n) is 7.76. The van der Waals surface area contributed by atoms with Gasteiger partial charge in [0.05, 0.1) is 6.04 Å². The fourth-order valence-corrected chi connectivity index (χ4v) is 2.38. The van der Waals surface area contributed by atoms with E-state index in [4.69, 9.17) is 0 Å². The van der Waals surface area contributed by atoms with E-state index >= 15 is 0 Å². The molecule has 0 bridgehead atoms. The van der Waals surface area contributed by atoms with Gasteiger partial charge in [0.15, 0.2) is 5.96 Å². The number of nitrogens with zero attached hydrogens (tertiary/aromatic N) is 1. The van der Waals surface area contributed by atoms with E-state index in [1.165, 1.54) is 19.2 Å². The van der Waals surface area contributed by atoms with Crippen LogP contribution in [0, 0.1) is 23.3 Å². The van der Waals surface area contributed by atoms with Crippen LogP contribution in [-0.2, 0) is 6.42 Å². The molecule has 0 radical (unpaired) electrons. The average Bonchev–Trinajstić information content (AvgIpc) is 2.56. The zero-order chi connectivity index (χ0) is 18.4. The van der Waals surface area contributed by atoms with Crippen LogP contribution in [0.3, 0.4) is 0 Å². The third kappa shape index (κ3) is 6.15. The van der Waals surface area contributed by atoms with E-state index in [1.54, 1.807) is 6.92 Å². The lowest BCUT2D eigenvalue weighted by molar-refractivity contribution is 0.550. The van der Waals surface area contributed by atoms with Crippen molar-refractivity contribution in [3.8, 4) is 0 Å². The Hall–Kier alpha value is -1.84. The minimum Gasteiger partial charge on any atom is -0.356 e. The van der Waals surface area contributed by atoms with E-state index in [-0.39, 0.29) is 36.0 Å². The molecule has 0 aliphatic rings. The van der Waals surface area contributed by atoms with Crippen LogP contribution < -0.4 is 10.6 Å². The Morgan fingerprint density at radius 1 is 1.00 bits per heavy atom. The van der Waals surface area contributed by atoms with Crippen molar-refractivity contribution in [1.29, 1.82) is 0 Å². The summed E-state index contributed by atoms with van der Waals surface area (Å²) in [4.78, 5) is 4.00. The van der Waals surface area contributed by atoms with Gasteiger partial charge in [-0.2, -0.15) is 0 Å². The molecule has 0 saturated carbocycles. The molecule has 2 aromatic carbocycles. The van der Waals surface area contributed by atoms with Gasteiger partial charge in [0.2, 0.25) is 0 Å². The van der Waals surface area contributed by atoms with Crippen LogP contribution in [0.15, 0.2) is 41.4 Å². The van der Waals surface area contributed by atoms with Crippen molar-refractivity contribution in [2.75, 3.05) is 13.6 Å². The first-order chi connectivity index (χ1) is 11.9. The van der Waals surface area contributed by atoms with Gasteiger partial charge in [-0.1, -0.05) is 6.07 Å². The van der Waals surface area contributed by atoms with E-state index < -0.39 is 29.3 Å². The molecule has 0 aliphatic heterocycles. The first-order valence-corrected chi connectivity index (χ1v) is 7.76. The van der Waals surface area contributed by atoms with Crippen molar-refractivity contribution in [3.05, 3.63) is 70.8 Å². The van der Waals surface area contributed by atoms with Gasteiger partial charge in [-0.15, -0.1) is 24.0 Å². The number of nitrogens with one attached hydrogen (secondary N) is 2. The van der Waals surface area contributed by atoms with Crippen LogP contribution in [0.25, 0.3) is 0 Å². The predicted molar refractivity (Wildman–Crippen MR) is 105 cm³/mol. The summed E-state index contributed by atoms with van der Waals surface area (Å²) in [6, 6.07) is 6.18. The molecule has 3 nitrogen and oxygen atoms in total. The standard InChI is InChI=1S/C18H19F4N3.HI/c1-11(15-5-3-14(20)10-17(15)22)25-18(23-2)24-8-7-12-9-13(19)4-6-16(12)21;/h3-6,9-11H,7-8H2,1-2H3,(H2,23,24,25);1H. The molecule has 0 aliphatic carbocycles. The molecule has 1 unspecified atom stereocenters. The molecule has 0 heterocycles. The van der Waals surface area contributed by atoms with Gasteiger partial charge in [-0.05, 0) is 43.2 Å². The van der Waals surface area contributed by atoms with Gasteiger partial charge < -0.3 is 10.6 Å². The van der Waals surface area contributed by atoms with Gasteiger partial charge in [0.1, 0.15) is 23.3 Å². The highest BCUT2D eigenvalue weighted by molar-refractivity contribution is 14.0. The number of guanidine groups is 1. The van der Waals surface area contributed by atoms with Gasteiger partial charge in [0, 0.05) is 25.2 Å². The maximum Gasteiger partial charge on any atom is 0.191 e. The van der Waals surface area contributed by atoms with Crippen LogP contribution in [0.2, 0.25) is 0 Å². The highest BCUT2D eigenvalue weighted by atomic mass is 127. The molecule has 0 saturated heterocycles. The first kappa shape index (κ1) is 22.2. The zero-order valence-corrected chi connectivity index (χ0v) is 16.7. The molecular formula is C18H20F4IN3. The topological polar surface area (TPSA) is 36.4 Å². The Labute approximate surface area is 166 Å². The second kappa shape index (κ2) is 10.3. The summed E-state index contributed by atoms with van der Waals surface area (Å²) in [6.07, 6.45) is 0.254. The summed E-state index contributed by atoms with van der Waals surface area (Å²) < 4.78 is 53.5. The predicted octanol–water partition coefficient (Wildman–Crippen LogP) is 4.33. The number of halogens is 5. The normalized spacial score (nSPS) is 12.3. The van der Waals surface area contributed by atoms with Crippen LogP contribution in [-0.4, -0.2) is 19.6 Å². The van der Waals surface area contributed by atoms with Gasteiger partial charge in [0.25, 0.3) is 0 Å². The van der Waals surface area contributed by atoms with E-state index in [0.717, 1.165) is 24.3 Å². The molecular weight excluding hydrogens is 461 g/mol. The summed E-state index contributed by atoms with van der Waals surface area (Å²) in [7, 11) is 1.53. The summed E-state index contributed by atoms with van der Waals surface area (Å²) in [5, 5.41) is 5.91. The summed E-state index contributed by atoms with van der Waals surface area (Å²) in [6.45, 7) is 2.01. The number of benzene rings is 2. The molecule has 0 spiro atoms. The van der Waals surface area contributed by atoms with E-state index in [1.807, 2.05) is 0 Å². The Morgan fingerprint density at radius 3 is 2.31 bits per heavy atom. The molecule has 0 fully saturated rings. The van der Waals surface area contributed by atoms with Gasteiger partial charge in [-0.25, -0.2) is 17.6 Å². The Kier molecular flexibility index (Phi) is 8.83. The Morgan fingerprint density at radius 2 is 1.65 bits per heavy atom. The average molecular weight is 481 g/mol.